The Hall–Kier alpha value is -4.74. The molecule has 54 heavy (non-hydrogen) atoms. The highest BCUT2D eigenvalue weighted by Gasteiger charge is 2.52. The molecule has 1 saturated heterocycles. The number of hydrogen-bond acceptors (Lipinski definition) is 10. The normalized spacial score (nSPS) is 22.5. The maximum absolute atomic E-state index is 13.4. The van der Waals surface area contributed by atoms with E-state index >= 15 is 0 Å². The van der Waals surface area contributed by atoms with Gasteiger partial charge >= 0.3 is 24.1 Å². The number of benzene rings is 2. The lowest BCUT2D eigenvalue weighted by atomic mass is 9.51. The molecule has 2 amide bonds. The van der Waals surface area contributed by atoms with Gasteiger partial charge in [0.15, 0.2) is 24.8 Å². The van der Waals surface area contributed by atoms with Gasteiger partial charge in [0.25, 0.3) is 0 Å². The van der Waals surface area contributed by atoms with Crippen LogP contribution >= 0.6 is 0 Å². The van der Waals surface area contributed by atoms with Crippen LogP contribution in [0.1, 0.15) is 113 Å². The minimum absolute atomic E-state index is 0.0264. The summed E-state index contributed by atoms with van der Waals surface area (Å²) < 4.78 is 21.5. The second kappa shape index (κ2) is 17.6. The Kier molecular flexibility index (Phi) is 13.2. The van der Waals surface area contributed by atoms with Crippen molar-refractivity contribution in [2.75, 3.05) is 26.3 Å². The van der Waals surface area contributed by atoms with Crippen molar-refractivity contribution in [1.82, 2.24) is 10.2 Å². The number of carbonyl (C=O) groups is 6. The largest absolute Gasteiger partial charge is 0.457 e. The minimum Gasteiger partial charge on any atom is -0.457 e. The fourth-order valence-corrected chi connectivity index (χ4v) is 7.84. The van der Waals surface area contributed by atoms with Crippen LogP contribution in [0.3, 0.4) is 0 Å². The van der Waals surface area contributed by atoms with Crippen molar-refractivity contribution in [1.29, 1.82) is 0 Å². The minimum atomic E-state index is -0.773. The molecule has 0 radical (unpaired) electrons. The number of rotatable bonds is 15. The van der Waals surface area contributed by atoms with Gasteiger partial charge in [0, 0.05) is 24.1 Å². The molecule has 0 spiro atoms. The third-order valence-corrected chi connectivity index (χ3v) is 11.2. The van der Waals surface area contributed by atoms with Crippen molar-refractivity contribution < 1.29 is 47.7 Å². The van der Waals surface area contributed by atoms with Crippen LogP contribution in [0.2, 0.25) is 0 Å². The molecule has 12 heteroatoms. The number of ketones is 2. The molecule has 1 heterocycles. The lowest BCUT2D eigenvalue weighted by Crippen LogP contribution is -2.49. The number of Topliss-reactive ketones (excluding diaryl/α,β-unsaturated/α-hetero) is 2. The Bertz CT molecular complexity index is 1640. The Labute approximate surface area is 317 Å². The molecule has 0 unspecified atom stereocenters. The molecule has 292 valence electrons. The fraction of sp³-hybridized carbons (Fsp3) is 0.571. The monoisotopic (exact) mass is 746 g/mol. The molecule has 4 fully saturated rings. The molecule has 1 aliphatic heterocycles. The van der Waals surface area contributed by atoms with Gasteiger partial charge in [0.05, 0.1) is 5.92 Å². The first kappa shape index (κ1) is 40.4. The zero-order valence-electron chi connectivity index (χ0n) is 32.0. The van der Waals surface area contributed by atoms with E-state index in [1.165, 1.54) is 4.90 Å². The number of esters is 2. The number of amides is 2. The van der Waals surface area contributed by atoms with Crippen LogP contribution in [-0.4, -0.2) is 78.5 Å². The number of nitrogens with zero attached hydrogens (tertiary/aromatic N) is 1. The van der Waals surface area contributed by atoms with Gasteiger partial charge in [-0.05, 0) is 102 Å². The highest BCUT2D eigenvalue weighted by molar-refractivity contribution is 5.98. The first-order valence-corrected chi connectivity index (χ1v) is 19.1. The first-order chi connectivity index (χ1) is 25.7. The molecule has 3 saturated carbocycles. The van der Waals surface area contributed by atoms with Crippen LogP contribution < -0.4 is 5.32 Å². The zero-order valence-corrected chi connectivity index (χ0v) is 32.0. The highest BCUT2D eigenvalue weighted by atomic mass is 16.6. The van der Waals surface area contributed by atoms with E-state index in [0.717, 1.165) is 30.4 Å². The quantitative estimate of drug-likeness (QED) is 0.0885. The average molecular weight is 747 g/mol. The van der Waals surface area contributed by atoms with E-state index in [1.54, 1.807) is 39.8 Å². The van der Waals surface area contributed by atoms with E-state index in [0.29, 0.717) is 63.6 Å². The van der Waals surface area contributed by atoms with Crippen molar-refractivity contribution in [2.45, 2.75) is 116 Å². The van der Waals surface area contributed by atoms with Crippen molar-refractivity contribution in [2.24, 2.45) is 11.3 Å². The van der Waals surface area contributed by atoms with Gasteiger partial charge in [-0.3, -0.25) is 19.3 Å². The van der Waals surface area contributed by atoms with Crippen LogP contribution in [0, 0.1) is 11.3 Å². The van der Waals surface area contributed by atoms with E-state index in [-0.39, 0.29) is 30.2 Å². The molecule has 2 aromatic rings. The smallest absolute Gasteiger partial charge is 0.411 e. The highest BCUT2D eigenvalue weighted by Crippen LogP contribution is 2.58. The Balaban J connectivity index is 1.01. The van der Waals surface area contributed by atoms with Crippen LogP contribution in [-0.2, 0) is 45.4 Å². The summed E-state index contributed by atoms with van der Waals surface area (Å²) in [6, 6.07) is 16.1. The zero-order chi connectivity index (χ0) is 38.9. The molecule has 6 rings (SSSR count). The van der Waals surface area contributed by atoms with E-state index in [9.17, 15) is 28.8 Å². The Morgan fingerprint density at radius 1 is 0.852 bits per heavy atom. The first-order valence-electron chi connectivity index (χ1n) is 19.1. The van der Waals surface area contributed by atoms with Crippen molar-refractivity contribution in [3.8, 4) is 0 Å². The maximum Gasteiger partial charge on any atom is 0.411 e. The number of ether oxygens (including phenoxy) is 4. The number of likely N-dealkylation sites (tertiary alicyclic amines) is 1. The molecular formula is C42H54N2O10. The van der Waals surface area contributed by atoms with Crippen LogP contribution in [0.5, 0.6) is 0 Å². The third kappa shape index (κ3) is 10.3. The standard InChI is InChI=1S/C42H54N2O10/c1-29(10-8-24-43-38(49)53-26-30-11-6-5-7-12-30)36(47)52-28-35(46)42-21-18-41(19-22-42,20-23-42)32-16-14-31(15-17-32)34(45)27-51-37(48)33-13-9-25-44(33)39(50)54-40(2,3)4/h5-7,11-12,14-17,29,33H,8-10,13,18-28H2,1-4H3,(H,43,49)/t29-,33-,41?,42?/m0/s1. The van der Waals surface area contributed by atoms with Gasteiger partial charge in [-0.25, -0.2) is 14.4 Å². The molecule has 0 aromatic heterocycles. The van der Waals surface area contributed by atoms with Gasteiger partial charge < -0.3 is 24.3 Å². The van der Waals surface area contributed by atoms with Crippen LogP contribution in [0.15, 0.2) is 54.6 Å². The Morgan fingerprint density at radius 2 is 1.52 bits per heavy atom. The molecule has 3 aliphatic carbocycles. The van der Waals surface area contributed by atoms with E-state index in [2.05, 4.69) is 5.32 Å². The number of nitrogens with one attached hydrogen (secondary N) is 1. The SMILES string of the molecule is C[C@@H](CCCNC(=O)OCc1ccccc1)C(=O)OCC(=O)C12CCC(c3ccc(C(=O)COC(=O)[C@@H]4CCCN4C(=O)OC(C)(C)C)cc3)(CC1)CC2. The topological polar surface area (TPSA) is 155 Å². The lowest BCUT2D eigenvalue weighted by molar-refractivity contribution is -0.156. The number of alkyl carbamates (subject to hydrolysis) is 1. The molecule has 12 nitrogen and oxygen atoms in total. The Morgan fingerprint density at radius 3 is 2.17 bits per heavy atom. The van der Waals surface area contributed by atoms with E-state index in [1.807, 2.05) is 42.5 Å². The van der Waals surface area contributed by atoms with E-state index < -0.39 is 53.7 Å². The van der Waals surface area contributed by atoms with E-state index in [4.69, 9.17) is 18.9 Å². The maximum atomic E-state index is 13.4. The predicted molar refractivity (Wildman–Crippen MR) is 199 cm³/mol. The lowest BCUT2D eigenvalue weighted by Gasteiger charge is -2.53. The number of carbonyl (C=O) groups excluding carboxylic acids is 6. The molecule has 1 N–H and O–H groups in total. The molecule has 2 atom stereocenters. The second-order valence-electron chi connectivity index (χ2n) is 16.1. The summed E-state index contributed by atoms with van der Waals surface area (Å²) in [6.45, 7) is 7.34. The molecular weight excluding hydrogens is 692 g/mol. The van der Waals surface area contributed by atoms with Crippen LogP contribution in [0.25, 0.3) is 0 Å². The van der Waals surface area contributed by atoms with Gasteiger partial charge in [-0.2, -0.15) is 0 Å². The molecule has 2 bridgehead atoms. The van der Waals surface area contributed by atoms with Crippen LogP contribution in [0.4, 0.5) is 9.59 Å². The van der Waals surface area contributed by atoms with Crippen molar-refractivity contribution in [3.05, 3.63) is 71.3 Å². The summed E-state index contributed by atoms with van der Waals surface area (Å²) in [6.07, 6.45) is 5.70. The summed E-state index contributed by atoms with van der Waals surface area (Å²) in [5.41, 5.74) is 1.18. The summed E-state index contributed by atoms with van der Waals surface area (Å²) in [5, 5.41) is 2.69. The predicted octanol–water partition coefficient (Wildman–Crippen LogP) is 6.86. The summed E-state index contributed by atoms with van der Waals surface area (Å²) in [7, 11) is 0. The number of hydrogen-bond donors (Lipinski definition) is 1. The summed E-state index contributed by atoms with van der Waals surface area (Å²) >= 11 is 0. The van der Waals surface area contributed by atoms with Crippen molar-refractivity contribution >= 4 is 35.7 Å². The van der Waals surface area contributed by atoms with Crippen molar-refractivity contribution in [3.63, 3.8) is 0 Å². The van der Waals surface area contributed by atoms with Gasteiger partial charge in [-0.15, -0.1) is 0 Å². The third-order valence-electron chi connectivity index (χ3n) is 11.2. The second-order valence-corrected chi connectivity index (χ2v) is 16.1. The van der Waals surface area contributed by atoms with Gasteiger partial charge in [0.2, 0.25) is 0 Å². The fourth-order valence-electron chi connectivity index (χ4n) is 7.84. The molecule has 2 aromatic carbocycles. The number of fused-ring (bicyclic) bond motifs is 3. The summed E-state index contributed by atoms with van der Waals surface area (Å²) in [4.78, 5) is 77.8. The molecule has 4 aliphatic rings. The van der Waals surface area contributed by atoms with Gasteiger partial charge in [-0.1, -0.05) is 61.5 Å². The average Bonchev–Trinajstić information content (AvgIpc) is 3.68. The summed E-state index contributed by atoms with van der Waals surface area (Å²) in [5.74, 6) is -1.80. The van der Waals surface area contributed by atoms with Gasteiger partial charge in [0.1, 0.15) is 18.2 Å².